The van der Waals surface area contributed by atoms with E-state index in [1.165, 1.54) is 19.2 Å². The van der Waals surface area contributed by atoms with Gasteiger partial charge in [-0.15, -0.1) is 0 Å². The minimum Gasteiger partial charge on any atom is -0.324 e. The van der Waals surface area contributed by atoms with Crippen molar-refractivity contribution in [3.05, 3.63) is 69.3 Å². The minimum absolute atomic E-state index is 0.0888. The van der Waals surface area contributed by atoms with E-state index in [-0.39, 0.29) is 22.6 Å². The number of nitro groups is 1. The number of hydrogen-bond donors (Lipinski definition) is 2. The third-order valence-corrected chi connectivity index (χ3v) is 5.43. The van der Waals surface area contributed by atoms with Gasteiger partial charge in [0.2, 0.25) is 10.0 Å². The van der Waals surface area contributed by atoms with Gasteiger partial charge in [0, 0.05) is 18.2 Å². The lowest BCUT2D eigenvalue weighted by atomic mass is 9.98. The summed E-state index contributed by atoms with van der Waals surface area (Å²) in [6, 6.07) is 6.50. The monoisotopic (exact) mass is 403 g/mol. The molecule has 1 atom stereocenters. The average Bonchev–Trinajstić information content (AvgIpc) is 2.60. The van der Waals surface area contributed by atoms with E-state index >= 15 is 0 Å². The second kappa shape index (κ2) is 7.62. The topological polar surface area (TPSA) is 115 Å². The Bertz CT molecular complexity index is 944. The summed E-state index contributed by atoms with van der Waals surface area (Å²) >= 11 is 0. The zero-order chi connectivity index (χ0) is 20.4. The summed E-state index contributed by atoms with van der Waals surface area (Å²) < 4.78 is 64.3. The molecule has 0 aliphatic heterocycles. The van der Waals surface area contributed by atoms with Crippen LogP contribution in [0, 0.1) is 10.1 Å². The fraction of sp³-hybridized carbons (Fsp3) is 0.250. The SMILES string of the molecule is CNS(=O)(=O)c1ccc([N+](=O)[O-])cc1C[C@H](N)c1ccc(C(F)(F)F)cc1. The fourth-order valence-electron chi connectivity index (χ4n) is 2.49. The third kappa shape index (κ3) is 4.81. The number of rotatable bonds is 6. The molecule has 0 fully saturated rings. The van der Waals surface area contributed by atoms with Crippen molar-refractivity contribution in [1.29, 1.82) is 0 Å². The molecule has 0 aromatic heterocycles. The highest BCUT2D eigenvalue weighted by atomic mass is 32.2. The maximum absolute atomic E-state index is 12.6. The number of nitrogens with one attached hydrogen (secondary N) is 1. The largest absolute Gasteiger partial charge is 0.416 e. The standard InChI is InChI=1S/C16H16F3N3O4S/c1-21-27(25,26)15-7-6-13(22(23)24)8-11(15)9-14(20)10-2-4-12(5-3-10)16(17,18)19/h2-8,14,21H,9,20H2,1H3/t14-/m0/s1. The number of nitrogens with zero attached hydrogens (tertiary/aromatic N) is 1. The van der Waals surface area contributed by atoms with E-state index in [0.29, 0.717) is 5.56 Å². The lowest BCUT2D eigenvalue weighted by Gasteiger charge is -2.16. The number of hydrogen-bond acceptors (Lipinski definition) is 5. The van der Waals surface area contributed by atoms with Gasteiger partial charge in [0.25, 0.3) is 5.69 Å². The first kappa shape index (κ1) is 20.8. The average molecular weight is 403 g/mol. The molecule has 0 heterocycles. The minimum atomic E-state index is -4.49. The molecule has 11 heteroatoms. The number of halogens is 3. The molecule has 0 saturated heterocycles. The molecular formula is C16H16F3N3O4S. The van der Waals surface area contributed by atoms with Gasteiger partial charge in [0.15, 0.2) is 0 Å². The van der Waals surface area contributed by atoms with Crippen molar-refractivity contribution in [2.75, 3.05) is 7.05 Å². The Labute approximate surface area is 153 Å². The lowest BCUT2D eigenvalue weighted by molar-refractivity contribution is -0.385. The van der Waals surface area contributed by atoms with Crippen molar-refractivity contribution >= 4 is 15.7 Å². The van der Waals surface area contributed by atoms with E-state index in [1.807, 2.05) is 0 Å². The van der Waals surface area contributed by atoms with Crippen LogP contribution in [-0.4, -0.2) is 20.4 Å². The molecule has 2 aromatic carbocycles. The highest BCUT2D eigenvalue weighted by molar-refractivity contribution is 7.89. The summed E-state index contributed by atoms with van der Waals surface area (Å²) in [5.41, 5.74) is 5.26. The van der Waals surface area contributed by atoms with Crippen molar-refractivity contribution in [2.24, 2.45) is 5.73 Å². The molecule has 2 rings (SSSR count). The smallest absolute Gasteiger partial charge is 0.324 e. The van der Waals surface area contributed by atoms with Gasteiger partial charge in [0.1, 0.15) is 0 Å². The van der Waals surface area contributed by atoms with E-state index in [0.717, 1.165) is 30.3 Å². The molecule has 0 saturated carbocycles. The summed E-state index contributed by atoms with van der Waals surface area (Å²) in [7, 11) is -2.71. The van der Waals surface area contributed by atoms with E-state index in [2.05, 4.69) is 4.72 Å². The number of alkyl halides is 3. The quantitative estimate of drug-likeness (QED) is 0.568. The molecule has 0 bridgehead atoms. The van der Waals surface area contributed by atoms with Crippen molar-refractivity contribution in [3.8, 4) is 0 Å². The molecular weight excluding hydrogens is 387 g/mol. The van der Waals surface area contributed by atoms with Gasteiger partial charge >= 0.3 is 6.18 Å². The van der Waals surface area contributed by atoms with Gasteiger partial charge in [-0.2, -0.15) is 13.2 Å². The molecule has 146 valence electrons. The molecule has 7 nitrogen and oxygen atoms in total. The van der Waals surface area contributed by atoms with Crippen LogP contribution in [0.1, 0.15) is 22.7 Å². The first-order chi connectivity index (χ1) is 12.5. The molecule has 0 spiro atoms. The molecule has 0 amide bonds. The van der Waals surface area contributed by atoms with Crippen molar-refractivity contribution in [3.63, 3.8) is 0 Å². The Morgan fingerprint density at radius 3 is 2.26 bits per heavy atom. The molecule has 0 unspecified atom stereocenters. The van der Waals surface area contributed by atoms with Crippen LogP contribution in [0.15, 0.2) is 47.4 Å². The normalized spacial score (nSPS) is 13.4. The van der Waals surface area contributed by atoms with Gasteiger partial charge in [0.05, 0.1) is 15.4 Å². The molecule has 27 heavy (non-hydrogen) atoms. The summed E-state index contributed by atoms with van der Waals surface area (Å²) in [6.45, 7) is 0. The van der Waals surface area contributed by atoms with Crippen LogP contribution in [0.5, 0.6) is 0 Å². The van der Waals surface area contributed by atoms with Gasteiger partial charge < -0.3 is 5.73 Å². The van der Waals surface area contributed by atoms with E-state index < -0.39 is 32.7 Å². The number of sulfonamides is 1. The van der Waals surface area contributed by atoms with Gasteiger partial charge in [-0.3, -0.25) is 10.1 Å². The highest BCUT2D eigenvalue weighted by Gasteiger charge is 2.30. The summed E-state index contributed by atoms with van der Waals surface area (Å²) in [5, 5.41) is 11.0. The molecule has 0 aliphatic carbocycles. The molecule has 2 aromatic rings. The second-order valence-electron chi connectivity index (χ2n) is 5.69. The summed E-state index contributed by atoms with van der Waals surface area (Å²) in [6.07, 6.45) is -4.61. The van der Waals surface area contributed by atoms with E-state index in [1.54, 1.807) is 0 Å². The zero-order valence-electron chi connectivity index (χ0n) is 14.0. The van der Waals surface area contributed by atoms with Crippen molar-refractivity contribution < 1.29 is 26.5 Å². The van der Waals surface area contributed by atoms with Crippen LogP contribution in [-0.2, 0) is 22.6 Å². The van der Waals surface area contributed by atoms with Crippen LogP contribution in [0.4, 0.5) is 18.9 Å². The molecule has 0 radical (unpaired) electrons. The Morgan fingerprint density at radius 1 is 1.19 bits per heavy atom. The first-order valence-corrected chi connectivity index (χ1v) is 9.07. The summed E-state index contributed by atoms with van der Waals surface area (Å²) in [4.78, 5) is 10.1. The predicted octanol–water partition coefficient (Wildman–Crippen LogP) is 2.76. The van der Waals surface area contributed by atoms with Crippen LogP contribution < -0.4 is 10.5 Å². The van der Waals surface area contributed by atoms with E-state index in [9.17, 15) is 31.7 Å². The molecule has 0 aliphatic rings. The number of non-ortho nitro benzene ring substituents is 1. The fourth-order valence-corrected chi connectivity index (χ4v) is 3.44. The Balaban J connectivity index is 2.39. The van der Waals surface area contributed by atoms with Gasteiger partial charge in [-0.1, -0.05) is 12.1 Å². The summed E-state index contributed by atoms with van der Waals surface area (Å²) in [5.74, 6) is 0. The number of nitrogens with two attached hydrogens (primary N) is 1. The van der Waals surface area contributed by atoms with Crippen LogP contribution in [0.2, 0.25) is 0 Å². The Morgan fingerprint density at radius 2 is 1.78 bits per heavy atom. The van der Waals surface area contributed by atoms with Crippen LogP contribution in [0.25, 0.3) is 0 Å². The van der Waals surface area contributed by atoms with E-state index in [4.69, 9.17) is 5.73 Å². The number of nitro benzene ring substituents is 1. The van der Waals surface area contributed by atoms with Crippen LogP contribution >= 0.6 is 0 Å². The highest BCUT2D eigenvalue weighted by Crippen LogP contribution is 2.31. The lowest BCUT2D eigenvalue weighted by Crippen LogP contribution is -2.22. The maximum atomic E-state index is 12.6. The maximum Gasteiger partial charge on any atom is 0.416 e. The zero-order valence-corrected chi connectivity index (χ0v) is 14.8. The van der Waals surface area contributed by atoms with Crippen molar-refractivity contribution in [2.45, 2.75) is 23.5 Å². The van der Waals surface area contributed by atoms with Gasteiger partial charge in [-0.05, 0) is 42.8 Å². The molecule has 3 N–H and O–H groups in total. The Hall–Kier alpha value is -2.50. The first-order valence-electron chi connectivity index (χ1n) is 7.59. The van der Waals surface area contributed by atoms with Crippen LogP contribution in [0.3, 0.4) is 0 Å². The van der Waals surface area contributed by atoms with Gasteiger partial charge in [-0.25, -0.2) is 13.1 Å². The Kier molecular flexibility index (Phi) is 5.88. The van der Waals surface area contributed by atoms with Crippen molar-refractivity contribution in [1.82, 2.24) is 4.72 Å². The third-order valence-electron chi connectivity index (χ3n) is 3.92. The predicted molar refractivity (Wildman–Crippen MR) is 91.4 cm³/mol. The second-order valence-corrected chi connectivity index (χ2v) is 7.54. The number of benzene rings is 2.